The maximum Gasteiger partial charge on any atom is 0.220 e. The minimum Gasteiger partial charge on any atom is -0.466 e. The number of furan rings is 1. The van der Waals surface area contributed by atoms with E-state index in [1.807, 2.05) is 49.4 Å². The summed E-state index contributed by atoms with van der Waals surface area (Å²) in [6.45, 7) is 1.85. The van der Waals surface area contributed by atoms with Gasteiger partial charge in [-0.15, -0.1) is 0 Å². The van der Waals surface area contributed by atoms with E-state index in [2.05, 4.69) is 5.32 Å². The average Bonchev–Trinajstić information content (AvgIpc) is 2.90. The van der Waals surface area contributed by atoms with Gasteiger partial charge in [0.1, 0.15) is 21.4 Å². The number of rotatable bonds is 7. The number of benzene rings is 1. The molecule has 0 unspecified atom stereocenters. The zero-order valence-corrected chi connectivity index (χ0v) is 14.1. The second-order valence-electron chi connectivity index (χ2n) is 5.64. The van der Waals surface area contributed by atoms with Crippen molar-refractivity contribution < 1.29 is 17.6 Å². The Kier molecular flexibility index (Phi) is 5.60. The molecule has 1 N–H and O–H groups in total. The van der Waals surface area contributed by atoms with Gasteiger partial charge in [0.05, 0.1) is 11.8 Å². The van der Waals surface area contributed by atoms with Crippen LogP contribution in [0.4, 0.5) is 0 Å². The monoisotopic (exact) mass is 335 g/mol. The van der Waals surface area contributed by atoms with Crippen LogP contribution >= 0.6 is 0 Å². The molecule has 5 nitrogen and oxygen atoms in total. The van der Waals surface area contributed by atoms with Gasteiger partial charge in [0.15, 0.2) is 0 Å². The number of sulfone groups is 1. The second kappa shape index (κ2) is 7.46. The Morgan fingerprint density at radius 1 is 1.17 bits per heavy atom. The lowest BCUT2D eigenvalue weighted by atomic mass is 10.1. The van der Waals surface area contributed by atoms with Crippen LogP contribution < -0.4 is 5.32 Å². The molecule has 1 aromatic heterocycles. The van der Waals surface area contributed by atoms with Crippen molar-refractivity contribution >= 4 is 15.7 Å². The summed E-state index contributed by atoms with van der Waals surface area (Å²) in [6, 6.07) is 12.3. The highest BCUT2D eigenvalue weighted by Crippen LogP contribution is 2.15. The van der Waals surface area contributed by atoms with Crippen molar-refractivity contribution in [3.8, 4) is 0 Å². The second-order valence-corrected chi connectivity index (χ2v) is 7.82. The van der Waals surface area contributed by atoms with E-state index in [9.17, 15) is 13.2 Å². The van der Waals surface area contributed by atoms with Crippen LogP contribution in [0.1, 0.15) is 29.5 Å². The van der Waals surface area contributed by atoms with E-state index in [1.165, 1.54) is 6.26 Å². The molecular weight excluding hydrogens is 314 g/mol. The van der Waals surface area contributed by atoms with Gasteiger partial charge < -0.3 is 9.73 Å². The fraction of sp³-hybridized carbons (Fsp3) is 0.353. The summed E-state index contributed by atoms with van der Waals surface area (Å²) in [5.41, 5.74) is 0.778. The van der Waals surface area contributed by atoms with Crippen LogP contribution in [-0.4, -0.2) is 26.3 Å². The molecule has 1 atom stereocenters. The fourth-order valence-electron chi connectivity index (χ4n) is 2.33. The van der Waals surface area contributed by atoms with Gasteiger partial charge in [0.2, 0.25) is 5.91 Å². The van der Waals surface area contributed by atoms with Gasteiger partial charge in [0, 0.05) is 19.1 Å². The highest BCUT2D eigenvalue weighted by Gasteiger charge is 2.19. The van der Waals surface area contributed by atoms with Gasteiger partial charge >= 0.3 is 0 Å². The predicted octanol–water partition coefficient (Wildman–Crippen LogP) is 2.42. The number of aryl methyl sites for hydroxylation is 2. The Bertz CT molecular complexity index is 750. The summed E-state index contributed by atoms with van der Waals surface area (Å²) >= 11 is 0. The summed E-state index contributed by atoms with van der Waals surface area (Å²) in [5.74, 6) is 1.23. The highest BCUT2D eigenvalue weighted by molar-refractivity contribution is 7.90. The Morgan fingerprint density at radius 2 is 1.87 bits per heavy atom. The highest BCUT2D eigenvalue weighted by atomic mass is 32.2. The van der Waals surface area contributed by atoms with Crippen LogP contribution in [0.15, 0.2) is 46.9 Å². The molecule has 2 rings (SSSR count). The van der Waals surface area contributed by atoms with Crippen LogP contribution in [0.2, 0.25) is 0 Å². The van der Waals surface area contributed by atoms with Crippen LogP contribution in [-0.2, 0) is 21.1 Å². The number of carbonyl (C=O) groups is 1. The Hall–Kier alpha value is -2.08. The van der Waals surface area contributed by atoms with Crippen LogP contribution in [0.5, 0.6) is 0 Å². The molecule has 0 aliphatic heterocycles. The summed E-state index contributed by atoms with van der Waals surface area (Å²) in [5, 5.41) is 2.81. The summed E-state index contributed by atoms with van der Waals surface area (Å²) in [4.78, 5) is 12.1. The number of amides is 1. The molecule has 0 radical (unpaired) electrons. The molecule has 0 fully saturated rings. The first-order valence-corrected chi connectivity index (χ1v) is 9.47. The molecular formula is C17H21NO4S. The van der Waals surface area contributed by atoms with Crippen LogP contribution in [0.25, 0.3) is 0 Å². The molecule has 23 heavy (non-hydrogen) atoms. The van der Waals surface area contributed by atoms with E-state index in [0.717, 1.165) is 17.1 Å². The molecule has 1 amide bonds. The Morgan fingerprint density at radius 3 is 2.43 bits per heavy atom. The smallest absolute Gasteiger partial charge is 0.220 e. The predicted molar refractivity (Wildman–Crippen MR) is 88.8 cm³/mol. The molecule has 0 bridgehead atoms. The van der Waals surface area contributed by atoms with Crippen molar-refractivity contribution in [1.82, 2.24) is 5.32 Å². The molecule has 2 aromatic rings. The maximum absolute atomic E-state index is 12.1. The number of carbonyl (C=O) groups excluding carboxylic acids is 1. The van der Waals surface area contributed by atoms with E-state index in [0.29, 0.717) is 6.42 Å². The zero-order valence-electron chi connectivity index (χ0n) is 13.3. The maximum atomic E-state index is 12.1. The van der Waals surface area contributed by atoms with Crippen molar-refractivity contribution in [2.24, 2.45) is 0 Å². The summed E-state index contributed by atoms with van der Waals surface area (Å²) in [6.07, 6.45) is 1.90. The Labute approximate surface area is 136 Å². The molecule has 124 valence electrons. The van der Waals surface area contributed by atoms with Gasteiger partial charge in [-0.05, 0) is 24.6 Å². The molecule has 1 aromatic carbocycles. The third-order valence-electron chi connectivity index (χ3n) is 3.40. The standard InChI is InChI=1S/C17H21NO4S/c1-13-8-9-15(22-13)10-11-17(19)18-16(12-23(2,20)21)14-6-4-3-5-7-14/h3-9,16H,10-12H2,1-2H3,(H,18,19)/t16-/m1/s1. The van der Waals surface area contributed by atoms with E-state index in [-0.39, 0.29) is 18.1 Å². The fourth-order valence-corrected chi connectivity index (χ4v) is 3.21. The molecule has 0 aliphatic carbocycles. The molecule has 6 heteroatoms. The van der Waals surface area contributed by atoms with Crippen molar-refractivity contribution in [2.75, 3.05) is 12.0 Å². The lowest BCUT2D eigenvalue weighted by molar-refractivity contribution is -0.121. The largest absolute Gasteiger partial charge is 0.466 e. The first-order chi connectivity index (χ1) is 10.8. The van der Waals surface area contributed by atoms with Crippen molar-refractivity contribution in [3.05, 3.63) is 59.5 Å². The third-order valence-corrected chi connectivity index (χ3v) is 4.34. The minimum atomic E-state index is -3.21. The van der Waals surface area contributed by atoms with E-state index in [1.54, 1.807) is 0 Å². The lowest BCUT2D eigenvalue weighted by Crippen LogP contribution is -2.33. The normalized spacial score (nSPS) is 12.8. The average molecular weight is 335 g/mol. The quantitative estimate of drug-likeness (QED) is 0.843. The molecule has 0 aliphatic rings. The first kappa shape index (κ1) is 17.3. The molecule has 0 spiro atoms. The van der Waals surface area contributed by atoms with Gasteiger partial charge in [-0.25, -0.2) is 8.42 Å². The third kappa shape index (κ3) is 5.90. The van der Waals surface area contributed by atoms with Gasteiger partial charge in [-0.1, -0.05) is 30.3 Å². The SMILES string of the molecule is Cc1ccc(CCC(=O)N[C@H](CS(C)(=O)=O)c2ccccc2)o1. The Balaban J connectivity index is 2.00. The van der Waals surface area contributed by atoms with Gasteiger partial charge in [-0.2, -0.15) is 0 Å². The summed E-state index contributed by atoms with van der Waals surface area (Å²) < 4.78 is 28.7. The number of nitrogens with one attached hydrogen (secondary N) is 1. The first-order valence-electron chi connectivity index (χ1n) is 7.41. The molecule has 0 saturated heterocycles. The van der Waals surface area contributed by atoms with Crippen LogP contribution in [0, 0.1) is 6.92 Å². The topological polar surface area (TPSA) is 76.4 Å². The molecule has 1 heterocycles. The minimum absolute atomic E-state index is 0.122. The zero-order chi connectivity index (χ0) is 16.9. The van der Waals surface area contributed by atoms with E-state index in [4.69, 9.17) is 4.42 Å². The van der Waals surface area contributed by atoms with Crippen molar-refractivity contribution in [1.29, 1.82) is 0 Å². The van der Waals surface area contributed by atoms with Crippen molar-refractivity contribution in [2.45, 2.75) is 25.8 Å². The van der Waals surface area contributed by atoms with E-state index >= 15 is 0 Å². The van der Waals surface area contributed by atoms with Crippen LogP contribution in [0.3, 0.4) is 0 Å². The summed E-state index contributed by atoms with van der Waals surface area (Å²) in [7, 11) is -3.21. The molecule has 0 saturated carbocycles. The van der Waals surface area contributed by atoms with E-state index < -0.39 is 15.9 Å². The lowest BCUT2D eigenvalue weighted by Gasteiger charge is -2.18. The van der Waals surface area contributed by atoms with Gasteiger partial charge in [0.25, 0.3) is 0 Å². The number of hydrogen-bond donors (Lipinski definition) is 1. The van der Waals surface area contributed by atoms with Crippen molar-refractivity contribution in [3.63, 3.8) is 0 Å². The number of hydrogen-bond acceptors (Lipinski definition) is 4. The van der Waals surface area contributed by atoms with Gasteiger partial charge in [-0.3, -0.25) is 4.79 Å².